The number of hydrogen-bond donors (Lipinski definition) is 2. The van der Waals surface area contributed by atoms with E-state index in [-0.39, 0.29) is 6.23 Å². The van der Waals surface area contributed by atoms with Crippen molar-refractivity contribution in [1.82, 2.24) is 10.2 Å². The van der Waals surface area contributed by atoms with Crippen LogP contribution in [0.25, 0.3) is 0 Å². The Labute approximate surface area is 170 Å². The number of aliphatic hydroxyl groups excluding tert-OH is 1. The van der Waals surface area contributed by atoms with Crippen molar-refractivity contribution in [3.8, 4) is 0 Å². The number of anilines is 2. The number of halogens is 1. The molecule has 1 atom stereocenters. The Morgan fingerprint density at radius 1 is 1.04 bits per heavy atom. The SMILES string of the molecule is OC(CCCCN1c2ccccc2Sc2ccc(Cl)cc21)N1CCNCC1. The van der Waals surface area contributed by atoms with Gasteiger partial charge in [-0.25, -0.2) is 0 Å². The zero-order valence-electron chi connectivity index (χ0n) is 15.4. The first-order valence-corrected chi connectivity index (χ1v) is 10.9. The van der Waals surface area contributed by atoms with Crippen LogP contribution in [0.15, 0.2) is 52.3 Å². The van der Waals surface area contributed by atoms with Crippen molar-refractivity contribution in [2.45, 2.75) is 35.3 Å². The zero-order valence-corrected chi connectivity index (χ0v) is 17.0. The van der Waals surface area contributed by atoms with Gasteiger partial charge < -0.3 is 15.3 Å². The first-order chi connectivity index (χ1) is 13.2. The van der Waals surface area contributed by atoms with Gasteiger partial charge in [0.1, 0.15) is 6.23 Å². The highest BCUT2D eigenvalue weighted by Gasteiger charge is 2.23. The van der Waals surface area contributed by atoms with Crippen molar-refractivity contribution in [2.75, 3.05) is 37.6 Å². The van der Waals surface area contributed by atoms with Gasteiger partial charge in [-0.3, -0.25) is 4.90 Å². The van der Waals surface area contributed by atoms with Gasteiger partial charge in [-0.2, -0.15) is 0 Å². The average Bonchev–Trinajstić information content (AvgIpc) is 2.71. The number of nitrogens with zero attached hydrogens (tertiary/aromatic N) is 2. The predicted molar refractivity (Wildman–Crippen MR) is 113 cm³/mol. The number of piperazine rings is 1. The van der Waals surface area contributed by atoms with E-state index in [1.165, 1.54) is 21.2 Å². The van der Waals surface area contributed by atoms with E-state index in [0.29, 0.717) is 0 Å². The molecule has 0 amide bonds. The van der Waals surface area contributed by atoms with E-state index in [2.05, 4.69) is 51.5 Å². The van der Waals surface area contributed by atoms with Crippen LogP contribution in [0.3, 0.4) is 0 Å². The molecule has 0 bridgehead atoms. The molecule has 2 aliphatic rings. The van der Waals surface area contributed by atoms with E-state index in [1.807, 2.05) is 6.07 Å². The van der Waals surface area contributed by atoms with E-state index in [4.69, 9.17) is 11.6 Å². The fourth-order valence-electron chi connectivity index (χ4n) is 3.80. The summed E-state index contributed by atoms with van der Waals surface area (Å²) in [5.74, 6) is 0. The molecule has 4 rings (SSSR count). The molecule has 4 nitrogen and oxygen atoms in total. The van der Waals surface area contributed by atoms with Crippen LogP contribution in [0.5, 0.6) is 0 Å². The van der Waals surface area contributed by atoms with Gasteiger partial charge in [0.15, 0.2) is 0 Å². The van der Waals surface area contributed by atoms with E-state index >= 15 is 0 Å². The molecule has 2 aromatic carbocycles. The third kappa shape index (κ3) is 4.44. The van der Waals surface area contributed by atoms with Crippen LogP contribution in [0, 0.1) is 0 Å². The fraction of sp³-hybridized carbons (Fsp3) is 0.429. The van der Waals surface area contributed by atoms with Gasteiger partial charge in [-0.1, -0.05) is 35.5 Å². The maximum atomic E-state index is 10.4. The first-order valence-electron chi connectivity index (χ1n) is 9.69. The van der Waals surface area contributed by atoms with Crippen LogP contribution in [-0.2, 0) is 0 Å². The average molecular weight is 404 g/mol. The normalized spacial score (nSPS) is 18.1. The minimum atomic E-state index is -0.321. The Morgan fingerprint density at radius 2 is 1.81 bits per heavy atom. The van der Waals surface area contributed by atoms with Gasteiger partial charge in [-0.15, -0.1) is 0 Å². The Morgan fingerprint density at radius 3 is 2.67 bits per heavy atom. The van der Waals surface area contributed by atoms with Crippen LogP contribution in [-0.4, -0.2) is 49.0 Å². The summed E-state index contributed by atoms with van der Waals surface area (Å²) in [5.41, 5.74) is 2.44. The molecule has 0 saturated carbocycles. The number of benzene rings is 2. The lowest BCUT2D eigenvalue weighted by Gasteiger charge is -2.33. The molecule has 0 aromatic heterocycles. The standard InChI is InChI=1S/C21H26ClN3OS/c22-16-8-9-20-18(15-16)25(17-5-1-2-6-19(17)27-20)12-4-3-7-21(26)24-13-10-23-11-14-24/h1-2,5-6,8-9,15,21,23,26H,3-4,7,10-14H2. The van der Waals surface area contributed by atoms with Crippen LogP contribution in [0.1, 0.15) is 19.3 Å². The van der Waals surface area contributed by atoms with Gasteiger partial charge in [0, 0.05) is 47.5 Å². The van der Waals surface area contributed by atoms with Gasteiger partial charge in [0.05, 0.1) is 11.4 Å². The predicted octanol–water partition coefficient (Wildman–Crippen LogP) is 4.34. The third-order valence-electron chi connectivity index (χ3n) is 5.25. The number of hydrogen-bond acceptors (Lipinski definition) is 5. The van der Waals surface area contributed by atoms with Crippen molar-refractivity contribution in [2.24, 2.45) is 0 Å². The zero-order chi connectivity index (χ0) is 18.6. The first kappa shape index (κ1) is 19.1. The summed E-state index contributed by atoms with van der Waals surface area (Å²) in [6, 6.07) is 14.7. The molecular formula is C21H26ClN3OS. The van der Waals surface area contributed by atoms with Crippen molar-refractivity contribution < 1.29 is 5.11 Å². The van der Waals surface area contributed by atoms with Gasteiger partial charge in [-0.05, 0) is 49.6 Å². The molecule has 0 radical (unpaired) electrons. The minimum Gasteiger partial charge on any atom is -0.378 e. The van der Waals surface area contributed by atoms with Crippen molar-refractivity contribution in [3.63, 3.8) is 0 Å². The van der Waals surface area contributed by atoms with Crippen molar-refractivity contribution in [3.05, 3.63) is 47.5 Å². The molecule has 6 heteroatoms. The second-order valence-corrected chi connectivity index (χ2v) is 8.62. The number of rotatable bonds is 6. The summed E-state index contributed by atoms with van der Waals surface area (Å²) in [7, 11) is 0. The minimum absolute atomic E-state index is 0.321. The molecule has 0 aliphatic carbocycles. The summed E-state index contributed by atoms with van der Waals surface area (Å²) in [6.45, 7) is 4.74. The van der Waals surface area contributed by atoms with Crippen LogP contribution in [0.4, 0.5) is 11.4 Å². The van der Waals surface area contributed by atoms with Gasteiger partial charge >= 0.3 is 0 Å². The monoisotopic (exact) mass is 403 g/mol. The molecule has 2 N–H and O–H groups in total. The summed E-state index contributed by atoms with van der Waals surface area (Å²) in [6.07, 6.45) is 2.55. The molecule has 0 spiro atoms. The largest absolute Gasteiger partial charge is 0.378 e. The number of nitrogens with one attached hydrogen (secondary N) is 1. The summed E-state index contributed by atoms with van der Waals surface area (Å²) >= 11 is 8.08. The van der Waals surface area contributed by atoms with Crippen LogP contribution >= 0.6 is 23.4 Å². The van der Waals surface area contributed by atoms with Crippen LogP contribution in [0.2, 0.25) is 5.02 Å². The van der Waals surface area contributed by atoms with Crippen LogP contribution < -0.4 is 10.2 Å². The Kier molecular flexibility index (Phi) is 6.25. The molecule has 27 heavy (non-hydrogen) atoms. The third-order valence-corrected chi connectivity index (χ3v) is 6.62. The number of aliphatic hydroxyl groups is 1. The molecule has 1 unspecified atom stereocenters. The maximum absolute atomic E-state index is 10.4. The highest BCUT2D eigenvalue weighted by molar-refractivity contribution is 7.99. The molecule has 2 aromatic rings. The van der Waals surface area contributed by atoms with Gasteiger partial charge in [0.2, 0.25) is 0 Å². The summed E-state index contributed by atoms with van der Waals surface area (Å²) < 4.78 is 0. The molecule has 2 aliphatic heterocycles. The molecule has 2 heterocycles. The molecule has 1 fully saturated rings. The number of fused-ring (bicyclic) bond motifs is 2. The van der Waals surface area contributed by atoms with E-state index in [9.17, 15) is 5.11 Å². The molecular weight excluding hydrogens is 378 g/mol. The lowest BCUT2D eigenvalue weighted by atomic mass is 10.1. The second-order valence-electron chi connectivity index (χ2n) is 7.10. The van der Waals surface area contributed by atoms with Crippen molar-refractivity contribution >= 4 is 34.7 Å². The Bertz CT molecular complexity index is 782. The summed E-state index contributed by atoms with van der Waals surface area (Å²) in [5, 5.41) is 14.5. The van der Waals surface area contributed by atoms with E-state index in [1.54, 1.807) is 11.8 Å². The fourth-order valence-corrected chi connectivity index (χ4v) is 5.05. The second kappa shape index (κ2) is 8.84. The van der Waals surface area contributed by atoms with Gasteiger partial charge in [0.25, 0.3) is 0 Å². The van der Waals surface area contributed by atoms with Crippen molar-refractivity contribution in [1.29, 1.82) is 0 Å². The topological polar surface area (TPSA) is 38.7 Å². The lowest BCUT2D eigenvalue weighted by Crippen LogP contribution is -2.48. The quantitative estimate of drug-likeness (QED) is 0.702. The Hall–Kier alpha value is -1.24. The highest BCUT2D eigenvalue weighted by atomic mass is 35.5. The Balaban J connectivity index is 1.40. The summed E-state index contributed by atoms with van der Waals surface area (Å²) in [4.78, 5) is 7.09. The molecule has 144 valence electrons. The van der Waals surface area contributed by atoms with E-state index in [0.717, 1.165) is 57.0 Å². The number of para-hydroxylation sites is 1. The maximum Gasteiger partial charge on any atom is 0.107 e. The van der Waals surface area contributed by atoms with E-state index < -0.39 is 0 Å². The number of unbranched alkanes of at least 4 members (excludes halogenated alkanes) is 1. The molecule has 1 saturated heterocycles. The smallest absolute Gasteiger partial charge is 0.107 e. The highest BCUT2D eigenvalue weighted by Crippen LogP contribution is 2.48. The lowest BCUT2D eigenvalue weighted by molar-refractivity contribution is -0.0105.